The SMILES string of the molecule is CC.CCOc1c(F)c(C)c(F)c(NSc2cccc(C(=O)O)c2)c1F. The Morgan fingerprint density at radius 1 is 1.19 bits per heavy atom. The molecule has 26 heavy (non-hydrogen) atoms. The molecule has 142 valence electrons. The first-order valence-electron chi connectivity index (χ1n) is 7.92. The zero-order chi connectivity index (χ0) is 19.9. The summed E-state index contributed by atoms with van der Waals surface area (Å²) < 4.78 is 49.7. The number of hydrogen-bond acceptors (Lipinski definition) is 4. The fourth-order valence-electron chi connectivity index (χ4n) is 1.92. The first-order chi connectivity index (χ1) is 12.4. The third-order valence-electron chi connectivity index (χ3n) is 3.14. The van der Waals surface area contributed by atoms with Gasteiger partial charge in [0, 0.05) is 10.5 Å². The number of nitrogens with one attached hydrogen (secondary N) is 1. The molecule has 0 aliphatic carbocycles. The lowest BCUT2D eigenvalue weighted by molar-refractivity contribution is 0.0696. The van der Waals surface area contributed by atoms with Crippen LogP contribution in [0.25, 0.3) is 0 Å². The van der Waals surface area contributed by atoms with E-state index in [2.05, 4.69) is 4.72 Å². The van der Waals surface area contributed by atoms with Gasteiger partial charge < -0.3 is 14.6 Å². The van der Waals surface area contributed by atoms with Crippen molar-refractivity contribution in [3.05, 3.63) is 52.8 Å². The van der Waals surface area contributed by atoms with Crippen molar-refractivity contribution < 1.29 is 27.8 Å². The summed E-state index contributed by atoms with van der Waals surface area (Å²) in [6.45, 7) is 6.75. The van der Waals surface area contributed by atoms with E-state index in [0.717, 1.165) is 11.9 Å². The second-order valence-electron chi connectivity index (χ2n) is 4.74. The maximum atomic E-state index is 14.3. The summed E-state index contributed by atoms with van der Waals surface area (Å²) in [6, 6.07) is 5.81. The quantitative estimate of drug-likeness (QED) is 0.627. The molecule has 2 aromatic carbocycles. The molecule has 0 aliphatic rings. The fourth-order valence-corrected chi connectivity index (χ4v) is 2.66. The molecular formula is C18H20F3NO3S. The van der Waals surface area contributed by atoms with E-state index in [1.807, 2.05) is 13.8 Å². The molecule has 0 aliphatic heterocycles. The molecule has 0 spiro atoms. The number of anilines is 1. The minimum absolute atomic E-state index is 0.0200. The van der Waals surface area contributed by atoms with Gasteiger partial charge in [-0.05, 0) is 44.0 Å². The van der Waals surface area contributed by atoms with Gasteiger partial charge in [-0.25, -0.2) is 18.0 Å². The Kier molecular flexibility index (Phi) is 8.31. The number of carboxylic acids is 1. The number of ether oxygens (including phenoxy) is 1. The van der Waals surface area contributed by atoms with E-state index in [-0.39, 0.29) is 17.7 Å². The van der Waals surface area contributed by atoms with E-state index >= 15 is 0 Å². The topological polar surface area (TPSA) is 58.6 Å². The molecule has 2 N–H and O–H groups in total. The molecule has 0 fully saturated rings. The van der Waals surface area contributed by atoms with Gasteiger partial charge in [0.1, 0.15) is 5.69 Å². The predicted octanol–water partition coefficient (Wildman–Crippen LogP) is 5.65. The van der Waals surface area contributed by atoms with Crippen LogP contribution in [-0.4, -0.2) is 17.7 Å². The summed E-state index contributed by atoms with van der Waals surface area (Å²) in [6.07, 6.45) is 0. The summed E-state index contributed by atoms with van der Waals surface area (Å²) in [5.41, 5.74) is -0.890. The number of benzene rings is 2. The molecule has 0 atom stereocenters. The molecule has 0 bridgehead atoms. The third-order valence-corrected chi connectivity index (χ3v) is 3.93. The van der Waals surface area contributed by atoms with Crippen molar-refractivity contribution in [2.24, 2.45) is 0 Å². The van der Waals surface area contributed by atoms with E-state index in [0.29, 0.717) is 4.90 Å². The minimum atomic E-state index is -1.18. The van der Waals surface area contributed by atoms with Crippen molar-refractivity contribution >= 4 is 23.6 Å². The molecule has 0 radical (unpaired) electrons. The van der Waals surface area contributed by atoms with Crippen molar-refractivity contribution in [2.75, 3.05) is 11.3 Å². The maximum absolute atomic E-state index is 14.3. The number of halogens is 3. The van der Waals surface area contributed by atoms with Crippen LogP contribution in [0.1, 0.15) is 36.7 Å². The van der Waals surface area contributed by atoms with E-state index in [1.165, 1.54) is 25.1 Å². The highest BCUT2D eigenvalue weighted by molar-refractivity contribution is 8.00. The number of rotatable bonds is 6. The molecule has 2 aromatic rings. The Morgan fingerprint density at radius 2 is 1.85 bits per heavy atom. The molecule has 0 amide bonds. The Bertz CT molecular complexity index is 785. The Labute approximate surface area is 154 Å². The van der Waals surface area contributed by atoms with Gasteiger partial charge >= 0.3 is 5.97 Å². The first kappa shape index (κ1) is 21.7. The van der Waals surface area contributed by atoms with Gasteiger partial charge in [-0.1, -0.05) is 19.9 Å². The summed E-state index contributed by atoms with van der Waals surface area (Å²) in [7, 11) is 0. The zero-order valence-electron chi connectivity index (χ0n) is 14.8. The van der Waals surface area contributed by atoms with Gasteiger partial charge in [0.25, 0.3) is 0 Å². The molecule has 0 unspecified atom stereocenters. The van der Waals surface area contributed by atoms with E-state index < -0.39 is 34.9 Å². The molecule has 2 rings (SSSR count). The number of carboxylic acid groups (broad SMARTS) is 1. The molecule has 0 aromatic heterocycles. The Morgan fingerprint density at radius 3 is 2.42 bits per heavy atom. The van der Waals surface area contributed by atoms with Crippen LogP contribution in [0.2, 0.25) is 0 Å². The highest BCUT2D eigenvalue weighted by Crippen LogP contribution is 2.36. The molecule has 0 saturated carbocycles. The van der Waals surface area contributed by atoms with Gasteiger partial charge in [0.05, 0.1) is 12.2 Å². The largest absolute Gasteiger partial charge is 0.488 e. The first-order valence-corrected chi connectivity index (χ1v) is 8.74. The van der Waals surface area contributed by atoms with Crippen molar-refractivity contribution in [3.63, 3.8) is 0 Å². The van der Waals surface area contributed by atoms with Crippen LogP contribution in [0, 0.1) is 24.4 Å². The van der Waals surface area contributed by atoms with Gasteiger partial charge in [-0.15, -0.1) is 0 Å². The molecule has 0 heterocycles. The lowest BCUT2D eigenvalue weighted by Crippen LogP contribution is -2.06. The van der Waals surface area contributed by atoms with Crippen molar-refractivity contribution in [1.82, 2.24) is 0 Å². The van der Waals surface area contributed by atoms with E-state index in [4.69, 9.17) is 9.84 Å². The molecule has 8 heteroatoms. The summed E-state index contributed by atoms with van der Waals surface area (Å²) in [4.78, 5) is 11.4. The average Bonchev–Trinajstić information content (AvgIpc) is 2.65. The van der Waals surface area contributed by atoms with Crippen LogP contribution < -0.4 is 9.46 Å². The van der Waals surface area contributed by atoms with Crippen LogP contribution in [0.15, 0.2) is 29.2 Å². The maximum Gasteiger partial charge on any atom is 0.335 e. The predicted molar refractivity (Wildman–Crippen MR) is 96.5 cm³/mol. The third kappa shape index (κ3) is 4.85. The molecule has 4 nitrogen and oxygen atoms in total. The minimum Gasteiger partial charge on any atom is -0.488 e. The van der Waals surface area contributed by atoms with Crippen LogP contribution in [0.3, 0.4) is 0 Å². The Hall–Kier alpha value is -2.35. The molecule has 0 saturated heterocycles. The number of hydrogen-bond donors (Lipinski definition) is 2. The molecular weight excluding hydrogens is 367 g/mol. The number of carbonyl (C=O) groups is 1. The zero-order valence-corrected chi connectivity index (χ0v) is 15.6. The van der Waals surface area contributed by atoms with Crippen LogP contribution in [0.4, 0.5) is 18.9 Å². The highest BCUT2D eigenvalue weighted by atomic mass is 32.2. The standard InChI is InChI=1S/C16H14F3NO3S.C2H6/c1-3-23-15-12(18)8(2)11(17)14(13(15)19)20-24-10-6-4-5-9(7-10)16(21)22;1-2/h4-7,20H,3H2,1-2H3,(H,21,22);1-2H3. The van der Waals surface area contributed by atoms with Gasteiger partial charge in [0.2, 0.25) is 0 Å². The Balaban J connectivity index is 0.00000163. The van der Waals surface area contributed by atoms with Crippen molar-refractivity contribution in [3.8, 4) is 5.75 Å². The second kappa shape index (κ2) is 9.96. The smallest absolute Gasteiger partial charge is 0.335 e. The lowest BCUT2D eigenvalue weighted by Gasteiger charge is -2.15. The fraction of sp³-hybridized carbons (Fsp3) is 0.278. The lowest BCUT2D eigenvalue weighted by atomic mass is 10.1. The van der Waals surface area contributed by atoms with Gasteiger partial charge in [-0.2, -0.15) is 0 Å². The van der Waals surface area contributed by atoms with E-state index in [1.54, 1.807) is 13.0 Å². The number of aromatic carboxylic acids is 1. The monoisotopic (exact) mass is 387 g/mol. The highest BCUT2D eigenvalue weighted by Gasteiger charge is 2.24. The summed E-state index contributed by atoms with van der Waals surface area (Å²) in [5, 5.41) is 8.94. The normalized spacial score (nSPS) is 9.96. The average molecular weight is 387 g/mol. The van der Waals surface area contributed by atoms with Crippen molar-refractivity contribution in [1.29, 1.82) is 0 Å². The van der Waals surface area contributed by atoms with E-state index in [9.17, 15) is 18.0 Å². The van der Waals surface area contributed by atoms with Gasteiger partial charge in [-0.3, -0.25) is 0 Å². The summed E-state index contributed by atoms with van der Waals surface area (Å²) in [5.74, 6) is -5.12. The van der Waals surface area contributed by atoms with Crippen LogP contribution in [0.5, 0.6) is 5.75 Å². The van der Waals surface area contributed by atoms with Crippen molar-refractivity contribution in [2.45, 2.75) is 32.6 Å². The second-order valence-corrected chi connectivity index (χ2v) is 5.62. The van der Waals surface area contributed by atoms with Gasteiger partial charge in [0.15, 0.2) is 23.2 Å². The summed E-state index contributed by atoms with van der Waals surface area (Å²) >= 11 is 0.803. The van der Waals surface area contributed by atoms with Crippen LogP contribution >= 0.6 is 11.9 Å². The van der Waals surface area contributed by atoms with Crippen LogP contribution in [-0.2, 0) is 0 Å².